The van der Waals surface area contributed by atoms with Gasteiger partial charge in [-0.15, -0.1) is 0 Å². The van der Waals surface area contributed by atoms with Crippen LogP contribution in [0.3, 0.4) is 0 Å². The van der Waals surface area contributed by atoms with Crippen molar-refractivity contribution in [3.8, 4) is 6.07 Å². The monoisotopic (exact) mass is 715 g/mol. The zero-order valence-corrected chi connectivity index (χ0v) is 27.0. The largest absolute Gasteiger partial charge is 0.444 e. The summed E-state index contributed by atoms with van der Waals surface area (Å²) >= 11 is 5.45. The van der Waals surface area contributed by atoms with E-state index in [0.717, 1.165) is 0 Å². The van der Waals surface area contributed by atoms with Crippen LogP contribution in [0.2, 0.25) is 0 Å². The Morgan fingerprint density at radius 1 is 1.44 bits per heavy atom. The molecule has 4 rings (SSSR count). The highest BCUT2D eigenvalue weighted by Gasteiger charge is 2.43. The lowest BCUT2D eigenvalue weighted by molar-refractivity contribution is 0.00953. The molecule has 1 unspecified atom stereocenters. The fourth-order valence-electron chi connectivity index (χ4n) is 5.16. The maximum absolute atomic E-state index is 15.5. The Bertz CT molecular complexity index is 1320. The molecule has 3 N–H and O–H groups in total. The second kappa shape index (κ2) is 11.0. The van der Waals surface area contributed by atoms with Crippen molar-refractivity contribution < 1.29 is 13.9 Å². The number of hydrogen-bond donors (Lipinski definition) is 2. The Balaban J connectivity index is 1.68. The lowest BCUT2D eigenvalue weighted by Gasteiger charge is -2.52. The number of pyridine rings is 1. The first-order valence-electron chi connectivity index (χ1n) is 13.0. The van der Waals surface area contributed by atoms with Crippen molar-refractivity contribution in [2.75, 3.05) is 49.7 Å². The van der Waals surface area contributed by atoms with E-state index in [1.54, 1.807) is 4.90 Å². The molecule has 2 aliphatic rings. The van der Waals surface area contributed by atoms with E-state index >= 15 is 4.39 Å². The van der Waals surface area contributed by atoms with Crippen molar-refractivity contribution in [3.05, 3.63) is 19.9 Å². The Morgan fingerprint density at radius 3 is 2.69 bits per heavy atom. The molecule has 3 heterocycles. The highest BCUT2D eigenvalue weighted by Crippen LogP contribution is 2.43. The Labute approximate surface area is 251 Å². The molecule has 1 aromatic carbocycles. The second-order valence-corrected chi connectivity index (χ2v) is 13.9. The number of hydrogen-bond acceptors (Lipinski definition) is 8. The zero-order valence-electron chi connectivity index (χ0n) is 23.2. The number of anilines is 3. The third-order valence-electron chi connectivity index (χ3n) is 7.60. The van der Waals surface area contributed by atoms with Crippen LogP contribution in [0.4, 0.5) is 26.4 Å². The van der Waals surface area contributed by atoms with Gasteiger partial charge < -0.3 is 30.5 Å². The predicted octanol–water partition coefficient (Wildman–Crippen LogP) is 5.56. The number of nitrogen functional groups attached to an aromatic ring is 1. The fourth-order valence-corrected chi connectivity index (χ4v) is 6.01. The molecular weight excluding hydrogens is 680 g/mol. The maximum atomic E-state index is 15.5. The van der Waals surface area contributed by atoms with E-state index in [-0.39, 0.29) is 29.6 Å². The van der Waals surface area contributed by atoms with Crippen LogP contribution in [0.1, 0.15) is 47.0 Å². The van der Waals surface area contributed by atoms with Crippen LogP contribution in [0.15, 0.2) is 10.5 Å². The van der Waals surface area contributed by atoms with Crippen LogP contribution < -0.4 is 16.0 Å². The van der Waals surface area contributed by atoms with Gasteiger partial charge in [-0.05, 0) is 99.2 Å². The van der Waals surface area contributed by atoms with E-state index in [9.17, 15) is 10.1 Å². The Hall–Kier alpha value is -2.11. The SMILES string of the molecule is CN(C)C1(C)CN(c2nc3c(F)c(Br)c(I)cc3c(NC3CCN(C(=O)OC(C)(C)C)[C@H](CC#N)C3)c2N)C1. The molecule has 0 spiro atoms. The van der Waals surface area contributed by atoms with Crippen molar-refractivity contribution in [1.29, 1.82) is 5.26 Å². The van der Waals surface area contributed by atoms with Gasteiger partial charge in [0.2, 0.25) is 0 Å². The van der Waals surface area contributed by atoms with Gasteiger partial charge in [-0.25, -0.2) is 14.2 Å². The molecule has 0 aliphatic carbocycles. The summed E-state index contributed by atoms with van der Waals surface area (Å²) in [6.07, 6.45) is 0.925. The number of nitrogens with two attached hydrogens (primary N) is 1. The number of nitriles is 1. The van der Waals surface area contributed by atoms with Crippen molar-refractivity contribution in [3.63, 3.8) is 0 Å². The molecule has 9 nitrogen and oxygen atoms in total. The molecule has 212 valence electrons. The third kappa shape index (κ3) is 6.00. The van der Waals surface area contributed by atoms with Gasteiger partial charge in [0, 0.05) is 40.7 Å². The molecule has 2 fully saturated rings. The maximum Gasteiger partial charge on any atom is 0.410 e. The third-order valence-corrected chi connectivity index (χ3v) is 9.96. The highest BCUT2D eigenvalue weighted by atomic mass is 127. The van der Waals surface area contributed by atoms with Gasteiger partial charge in [0.05, 0.1) is 33.9 Å². The predicted molar refractivity (Wildman–Crippen MR) is 164 cm³/mol. The number of rotatable bonds is 5. The summed E-state index contributed by atoms with van der Waals surface area (Å²) in [5, 5.41) is 13.7. The first-order valence-corrected chi connectivity index (χ1v) is 14.8. The number of ether oxygens (including phenoxy) is 1. The van der Waals surface area contributed by atoms with Gasteiger partial charge in [0.1, 0.15) is 11.1 Å². The standard InChI is InChI=1S/C27H36BrFIN7O2/c1-26(2,3)39-25(38)37-10-8-15(11-16(37)7-9-31)33-23-17-12-18(30)19(28)20(29)22(17)34-24(21(23)32)36-13-27(4,14-36)35(5)6/h12,15-16H,7-8,10-11,13-14,32H2,1-6H3,(H,33,34)/t15?,16-/m1/s1. The number of nitrogens with one attached hydrogen (secondary N) is 1. The van der Waals surface area contributed by atoms with Crippen molar-refractivity contribution >= 4 is 72.7 Å². The number of aromatic nitrogens is 1. The molecule has 1 amide bonds. The topological polar surface area (TPSA) is 111 Å². The summed E-state index contributed by atoms with van der Waals surface area (Å²) in [6.45, 7) is 9.51. The second-order valence-electron chi connectivity index (χ2n) is 11.9. The summed E-state index contributed by atoms with van der Waals surface area (Å²) in [7, 11) is 4.09. The van der Waals surface area contributed by atoms with Crippen LogP contribution >= 0.6 is 38.5 Å². The van der Waals surface area contributed by atoms with Crippen molar-refractivity contribution in [1.82, 2.24) is 14.8 Å². The van der Waals surface area contributed by atoms with E-state index in [0.29, 0.717) is 63.1 Å². The van der Waals surface area contributed by atoms with E-state index in [1.807, 2.05) is 40.9 Å². The van der Waals surface area contributed by atoms with E-state index < -0.39 is 17.5 Å². The zero-order chi connectivity index (χ0) is 28.9. The van der Waals surface area contributed by atoms with E-state index in [1.165, 1.54) is 0 Å². The van der Waals surface area contributed by atoms with Crippen LogP contribution in [0, 0.1) is 20.7 Å². The molecule has 2 saturated heterocycles. The minimum atomic E-state index is -0.626. The fraction of sp³-hybridized carbons (Fsp3) is 0.593. The van der Waals surface area contributed by atoms with Crippen molar-refractivity contribution in [2.24, 2.45) is 0 Å². The smallest absolute Gasteiger partial charge is 0.410 e. The molecule has 0 radical (unpaired) electrons. The summed E-state index contributed by atoms with van der Waals surface area (Å²) in [5.74, 6) is 0.121. The number of amides is 1. The summed E-state index contributed by atoms with van der Waals surface area (Å²) in [5.41, 5.74) is 7.45. The molecule has 0 saturated carbocycles. The quantitative estimate of drug-likeness (QED) is 0.306. The Kier molecular flexibility index (Phi) is 8.46. The number of piperidine rings is 1. The first kappa shape index (κ1) is 29.9. The van der Waals surface area contributed by atoms with Gasteiger partial charge in [-0.3, -0.25) is 0 Å². The number of nitrogens with zero attached hydrogens (tertiary/aromatic N) is 5. The van der Waals surface area contributed by atoms with Crippen LogP contribution in [-0.4, -0.2) is 77.8 Å². The lowest BCUT2D eigenvalue weighted by Crippen LogP contribution is -2.67. The number of fused-ring (bicyclic) bond motifs is 1. The highest BCUT2D eigenvalue weighted by molar-refractivity contribution is 14.1. The Morgan fingerprint density at radius 2 is 2.10 bits per heavy atom. The minimum absolute atomic E-state index is 0.0269. The number of benzene rings is 1. The van der Waals surface area contributed by atoms with Gasteiger partial charge in [-0.1, -0.05) is 0 Å². The number of halogens is 3. The summed E-state index contributed by atoms with van der Waals surface area (Å²) in [4.78, 5) is 23.5. The molecule has 1 aromatic heterocycles. The summed E-state index contributed by atoms with van der Waals surface area (Å²) < 4.78 is 22.2. The number of carbonyl (C=O) groups excluding carboxylic acids is 1. The van der Waals surface area contributed by atoms with E-state index in [2.05, 4.69) is 66.6 Å². The molecule has 12 heteroatoms. The summed E-state index contributed by atoms with van der Waals surface area (Å²) in [6, 6.07) is 3.69. The molecule has 2 aromatic rings. The van der Waals surface area contributed by atoms with Gasteiger partial charge in [0.15, 0.2) is 11.6 Å². The normalized spacial score (nSPS) is 21.1. The average molecular weight is 716 g/mol. The van der Waals surface area contributed by atoms with Crippen LogP contribution in [0.5, 0.6) is 0 Å². The van der Waals surface area contributed by atoms with Crippen molar-refractivity contribution in [2.45, 2.75) is 70.2 Å². The molecular formula is C27H36BrFIN7O2. The van der Waals surface area contributed by atoms with Gasteiger partial charge in [0.25, 0.3) is 0 Å². The molecule has 39 heavy (non-hydrogen) atoms. The molecule has 2 atom stereocenters. The number of likely N-dealkylation sites (tertiary alicyclic amines) is 1. The average Bonchev–Trinajstić information content (AvgIpc) is 2.82. The van der Waals surface area contributed by atoms with Crippen LogP contribution in [-0.2, 0) is 4.74 Å². The first-order chi connectivity index (χ1) is 18.1. The lowest BCUT2D eigenvalue weighted by atomic mass is 9.90. The minimum Gasteiger partial charge on any atom is -0.444 e. The van der Waals surface area contributed by atoms with Crippen LogP contribution in [0.25, 0.3) is 10.9 Å². The molecule has 0 bridgehead atoms. The number of carbonyl (C=O) groups is 1. The van der Waals surface area contributed by atoms with Gasteiger partial charge in [-0.2, -0.15) is 5.26 Å². The van der Waals surface area contributed by atoms with Gasteiger partial charge >= 0.3 is 6.09 Å². The number of likely N-dealkylation sites (N-methyl/N-ethyl adjacent to an activating group) is 1. The molecule has 2 aliphatic heterocycles. The van der Waals surface area contributed by atoms with E-state index in [4.69, 9.17) is 15.5 Å².